The second kappa shape index (κ2) is 11.4. The fourth-order valence-corrected chi connectivity index (χ4v) is 6.22. The Morgan fingerprint density at radius 1 is 0.479 bits per heavy atom. The van der Waals surface area contributed by atoms with Crippen molar-refractivity contribution in [3.8, 4) is 44.9 Å². The van der Waals surface area contributed by atoms with E-state index < -0.39 is 34.5 Å². The zero-order chi connectivity index (χ0) is 32.9. The zero-order valence-corrected chi connectivity index (χ0v) is 24.8. The average Bonchev–Trinajstić information content (AvgIpc) is 3.14. The molecule has 0 aliphatic rings. The van der Waals surface area contributed by atoms with E-state index in [0.717, 1.165) is 11.1 Å². The van der Waals surface area contributed by atoms with Gasteiger partial charge >= 0.3 is 0 Å². The molecular formula is C40H20F4N4. The number of rotatable bonds is 4. The lowest BCUT2D eigenvalue weighted by molar-refractivity contribution is 0.465. The van der Waals surface area contributed by atoms with E-state index >= 15 is 17.6 Å². The van der Waals surface area contributed by atoms with E-state index in [2.05, 4.69) is 4.85 Å². The first kappa shape index (κ1) is 29.0. The van der Waals surface area contributed by atoms with Crippen molar-refractivity contribution in [2.75, 3.05) is 0 Å². The van der Waals surface area contributed by atoms with Crippen molar-refractivity contribution in [2.24, 2.45) is 0 Å². The van der Waals surface area contributed by atoms with E-state index in [-0.39, 0.29) is 16.5 Å². The second-order valence-electron chi connectivity index (χ2n) is 11.1. The molecule has 48 heavy (non-hydrogen) atoms. The molecule has 2 heterocycles. The number of para-hydroxylation sites is 1. The van der Waals surface area contributed by atoms with Crippen LogP contribution in [0.2, 0.25) is 0 Å². The first-order chi connectivity index (χ1) is 23.5. The predicted octanol–water partition coefficient (Wildman–Crippen LogP) is 11.1. The molecule has 6 aromatic carbocycles. The molecular weight excluding hydrogens is 612 g/mol. The third-order valence-electron chi connectivity index (χ3n) is 8.37. The van der Waals surface area contributed by atoms with Crippen molar-refractivity contribution in [2.45, 2.75) is 0 Å². The largest absolute Gasteiger partial charge is 0.262 e. The molecule has 0 aliphatic heterocycles. The van der Waals surface area contributed by atoms with Crippen LogP contribution in [0.4, 0.5) is 23.2 Å². The quantitative estimate of drug-likeness (QED) is 0.0839. The van der Waals surface area contributed by atoms with Gasteiger partial charge in [-0.05, 0) is 17.7 Å². The summed E-state index contributed by atoms with van der Waals surface area (Å²) in [5.74, 6) is -6.91. The van der Waals surface area contributed by atoms with Gasteiger partial charge in [0.2, 0.25) is 0 Å². The predicted molar refractivity (Wildman–Crippen MR) is 180 cm³/mol. The molecule has 2 aromatic heterocycles. The number of fused-ring (bicyclic) bond motifs is 5. The fraction of sp³-hybridized carbons (Fsp3) is 0. The monoisotopic (exact) mass is 632 g/mol. The normalized spacial score (nSPS) is 11.3. The Morgan fingerprint density at radius 2 is 0.958 bits per heavy atom. The Balaban J connectivity index is 1.65. The summed E-state index contributed by atoms with van der Waals surface area (Å²) in [7, 11) is 0. The average molecular weight is 633 g/mol. The molecule has 0 saturated heterocycles. The van der Waals surface area contributed by atoms with Gasteiger partial charge in [-0.15, -0.1) is 0 Å². The van der Waals surface area contributed by atoms with E-state index in [4.69, 9.17) is 21.5 Å². The number of aromatic nitrogens is 3. The molecule has 0 saturated carbocycles. The summed E-state index contributed by atoms with van der Waals surface area (Å²) < 4.78 is 62.5. The number of benzene rings is 6. The molecule has 0 aliphatic carbocycles. The van der Waals surface area contributed by atoms with Gasteiger partial charge in [-0.2, -0.15) is 0 Å². The number of hydrogen-bond acceptors (Lipinski definition) is 3. The van der Waals surface area contributed by atoms with E-state index in [0.29, 0.717) is 44.5 Å². The van der Waals surface area contributed by atoms with Crippen molar-refractivity contribution in [1.82, 2.24) is 15.0 Å². The molecule has 0 radical (unpaired) electrons. The SMILES string of the molecule is [C-]#[N+]c1c(F)c(F)c(-c2cc3nc(-c4ccccc4)c(-c4ccccc4)nc3c3c(-c4ccccc4)nc4ccccc4c23)c(F)c1F. The maximum Gasteiger partial charge on any atom is 0.262 e. The fourth-order valence-electron chi connectivity index (χ4n) is 6.22. The smallest absolute Gasteiger partial charge is 0.247 e. The van der Waals surface area contributed by atoms with Gasteiger partial charge in [-0.1, -0.05) is 109 Å². The van der Waals surface area contributed by atoms with Crippen molar-refractivity contribution < 1.29 is 17.6 Å². The van der Waals surface area contributed by atoms with Gasteiger partial charge in [0, 0.05) is 32.8 Å². The summed E-state index contributed by atoms with van der Waals surface area (Å²) >= 11 is 0. The molecule has 0 amide bonds. The van der Waals surface area contributed by atoms with Crippen LogP contribution in [0, 0.1) is 29.8 Å². The molecule has 8 aromatic rings. The van der Waals surface area contributed by atoms with Crippen LogP contribution in [0.25, 0.3) is 82.5 Å². The molecule has 228 valence electrons. The Morgan fingerprint density at radius 3 is 1.52 bits per heavy atom. The molecule has 0 atom stereocenters. The number of nitrogens with zero attached hydrogens (tertiary/aromatic N) is 4. The zero-order valence-electron chi connectivity index (χ0n) is 24.8. The van der Waals surface area contributed by atoms with Crippen molar-refractivity contribution in [3.63, 3.8) is 0 Å². The highest BCUT2D eigenvalue weighted by atomic mass is 19.2. The summed E-state index contributed by atoms with van der Waals surface area (Å²) in [4.78, 5) is 18.0. The van der Waals surface area contributed by atoms with Crippen LogP contribution in [0.5, 0.6) is 0 Å². The van der Waals surface area contributed by atoms with Crippen molar-refractivity contribution in [3.05, 3.63) is 156 Å². The van der Waals surface area contributed by atoms with Crippen molar-refractivity contribution in [1.29, 1.82) is 0 Å². The van der Waals surface area contributed by atoms with Gasteiger partial charge in [0.05, 0.1) is 45.8 Å². The Labute approximate surface area is 271 Å². The van der Waals surface area contributed by atoms with Crippen molar-refractivity contribution >= 4 is 38.4 Å². The Hall–Kier alpha value is -6.46. The third kappa shape index (κ3) is 4.48. The molecule has 0 fully saturated rings. The van der Waals surface area contributed by atoms with Crippen LogP contribution < -0.4 is 0 Å². The van der Waals surface area contributed by atoms with Crippen LogP contribution in [0.3, 0.4) is 0 Å². The summed E-state index contributed by atoms with van der Waals surface area (Å²) in [6.45, 7) is 7.15. The standard InChI is InChI=1S/C40H20F4N4/c1-45-40-34(43)32(41)30(33(42)35(40)44)26-21-28-39(48-38(24-17-9-4-10-18-24)37(47-28)23-15-7-3-8-16-23)31-29(26)25-19-11-12-20-27(25)46-36(31)22-13-5-2-6-14-22/h2-21H. The third-order valence-corrected chi connectivity index (χ3v) is 8.37. The first-order valence-corrected chi connectivity index (χ1v) is 14.9. The molecule has 0 unspecified atom stereocenters. The van der Waals surface area contributed by atoms with Gasteiger partial charge in [-0.25, -0.2) is 37.4 Å². The van der Waals surface area contributed by atoms with Gasteiger partial charge in [0.1, 0.15) is 0 Å². The lowest BCUT2D eigenvalue weighted by Crippen LogP contribution is -2.03. The lowest BCUT2D eigenvalue weighted by atomic mass is 9.90. The maximum absolute atomic E-state index is 16.0. The minimum atomic E-state index is -1.77. The van der Waals surface area contributed by atoms with Gasteiger partial charge in [-0.3, -0.25) is 0 Å². The Bertz CT molecular complexity index is 2570. The van der Waals surface area contributed by atoms with Crippen LogP contribution >= 0.6 is 0 Å². The van der Waals surface area contributed by atoms with Crippen LogP contribution in [-0.4, -0.2) is 15.0 Å². The number of halogens is 4. The van der Waals surface area contributed by atoms with Crippen LogP contribution in [-0.2, 0) is 0 Å². The number of hydrogen-bond donors (Lipinski definition) is 0. The summed E-state index contributed by atoms with van der Waals surface area (Å²) in [6.07, 6.45) is 0. The summed E-state index contributed by atoms with van der Waals surface area (Å²) in [5.41, 5.74) is 2.34. The van der Waals surface area contributed by atoms with E-state index in [1.54, 1.807) is 24.3 Å². The van der Waals surface area contributed by atoms with E-state index in [1.807, 2.05) is 91.0 Å². The number of pyridine rings is 1. The maximum atomic E-state index is 16.0. The summed E-state index contributed by atoms with van der Waals surface area (Å²) in [6, 6.07) is 36.5. The molecule has 0 spiro atoms. The minimum absolute atomic E-state index is 0.154. The first-order valence-electron chi connectivity index (χ1n) is 14.9. The van der Waals surface area contributed by atoms with Gasteiger partial charge < -0.3 is 0 Å². The summed E-state index contributed by atoms with van der Waals surface area (Å²) in [5, 5.41) is 1.15. The molecule has 8 rings (SSSR count). The van der Waals surface area contributed by atoms with Gasteiger partial charge in [0.15, 0.2) is 23.3 Å². The Kier molecular flexibility index (Phi) is 6.89. The van der Waals surface area contributed by atoms with Gasteiger partial charge in [0.25, 0.3) is 5.69 Å². The lowest BCUT2D eigenvalue weighted by Gasteiger charge is -2.19. The van der Waals surface area contributed by atoms with E-state index in [9.17, 15) is 0 Å². The molecule has 4 nitrogen and oxygen atoms in total. The highest BCUT2D eigenvalue weighted by Gasteiger charge is 2.30. The highest BCUT2D eigenvalue weighted by Crippen LogP contribution is 2.46. The van der Waals surface area contributed by atoms with E-state index in [1.165, 1.54) is 6.07 Å². The second-order valence-corrected chi connectivity index (χ2v) is 11.1. The van der Waals surface area contributed by atoms with Crippen LogP contribution in [0.15, 0.2) is 121 Å². The minimum Gasteiger partial charge on any atom is -0.247 e. The molecule has 0 N–H and O–H groups in total. The molecule has 0 bridgehead atoms. The topological polar surface area (TPSA) is 43.0 Å². The highest BCUT2D eigenvalue weighted by molar-refractivity contribution is 6.25. The van der Waals surface area contributed by atoms with Crippen LogP contribution in [0.1, 0.15) is 0 Å². The molecule has 8 heteroatoms.